The average Bonchev–Trinajstić information content (AvgIpc) is 3.27. The molecule has 0 saturated carbocycles. The van der Waals surface area contributed by atoms with E-state index in [-0.39, 0.29) is 23.9 Å². The molecular weight excluding hydrogens is 460 g/mol. The van der Waals surface area contributed by atoms with Crippen LogP contribution < -0.4 is 5.32 Å². The Morgan fingerprint density at radius 3 is 2.51 bits per heavy atom. The number of thiophene rings is 1. The number of hydrogen-bond donors (Lipinski definition) is 1. The third-order valence-corrected chi connectivity index (χ3v) is 7.26. The maximum Gasteiger partial charge on any atom is 0.254 e. The summed E-state index contributed by atoms with van der Waals surface area (Å²) in [6.07, 6.45) is 2.60. The SMILES string of the molecule is Cc1cc(-c2cc(C(=O)N3CCCN(CC(=O)NC(C)C)CC3)c3cnn(C(C)C)c3n2)c(C)s1. The highest BCUT2D eigenvalue weighted by atomic mass is 32.1. The van der Waals surface area contributed by atoms with Crippen LogP contribution in [0.4, 0.5) is 0 Å². The molecule has 1 saturated heterocycles. The van der Waals surface area contributed by atoms with E-state index < -0.39 is 0 Å². The van der Waals surface area contributed by atoms with Gasteiger partial charge in [-0.25, -0.2) is 9.67 Å². The Morgan fingerprint density at radius 2 is 1.86 bits per heavy atom. The third-order valence-electron chi connectivity index (χ3n) is 6.30. The van der Waals surface area contributed by atoms with E-state index in [1.807, 2.05) is 29.5 Å². The molecule has 0 unspecified atom stereocenters. The molecule has 9 heteroatoms. The molecule has 0 aromatic carbocycles. The summed E-state index contributed by atoms with van der Waals surface area (Å²) in [6, 6.07) is 4.33. The molecule has 3 aromatic heterocycles. The van der Waals surface area contributed by atoms with Crippen molar-refractivity contribution in [3.05, 3.63) is 33.6 Å². The second-order valence-corrected chi connectivity index (χ2v) is 11.4. The molecule has 4 heterocycles. The van der Waals surface area contributed by atoms with Crippen LogP contribution >= 0.6 is 11.3 Å². The zero-order chi connectivity index (χ0) is 25.3. The quantitative estimate of drug-likeness (QED) is 0.557. The van der Waals surface area contributed by atoms with Crippen LogP contribution in [0.1, 0.15) is 60.3 Å². The smallest absolute Gasteiger partial charge is 0.254 e. The number of amides is 2. The minimum absolute atomic E-state index is 0.0000395. The second kappa shape index (κ2) is 10.5. The zero-order valence-corrected chi connectivity index (χ0v) is 22.4. The number of nitrogens with one attached hydrogen (secondary N) is 1. The van der Waals surface area contributed by atoms with Gasteiger partial charge < -0.3 is 10.2 Å². The van der Waals surface area contributed by atoms with Gasteiger partial charge in [0.05, 0.1) is 29.4 Å². The molecular formula is C26H36N6O2S. The first kappa shape index (κ1) is 25.3. The molecule has 1 aliphatic heterocycles. The molecule has 8 nitrogen and oxygen atoms in total. The first-order valence-electron chi connectivity index (χ1n) is 12.4. The van der Waals surface area contributed by atoms with E-state index in [4.69, 9.17) is 4.98 Å². The van der Waals surface area contributed by atoms with E-state index in [1.54, 1.807) is 17.5 Å². The van der Waals surface area contributed by atoms with Crippen LogP contribution in [0.15, 0.2) is 18.3 Å². The molecule has 1 N–H and O–H groups in total. The fourth-order valence-corrected chi connectivity index (χ4v) is 5.60. The highest BCUT2D eigenvalue weighted by Crippen LogP contribution is 2.33. The lowest BCUT2D eigenvalue weighted by molar-refractivity contribution is -0.122. The van der Waals surface area contributed by atoms with Crippen molar-refractivity contribution in [3.8, 4) is 11.3 Å². The van der Waals surface area contributed by atoms with E-state index in [9.17, 15) is 9.59 Å². The molecule has 3 aromatic rings. The summed E-state index contributed by atoms with van der Waals surface area (Å²) in [5.41, 5.74) is 3.27. The number of aryl methyl sites for hydroxylation is 2. The van der Waals surface area contributed by atoms with Crippen molar-refractivity contribution < 1.29 is 9.59 Å². The van der Waals surface area contributed by atoms with E-state index in [0.29, 0.717) is 31.7 Å². The highest BCUT2D eigenvalue weighted by Gasteiger charge is 2.26. The van der Waals surface area contributed by atoms with Gasteiger partial charge in [0.2, 0.25) is 5.91 Å². The predicted molar refractivity (Wildman–Crippen MR) is 141 cm³/mol. The monoisotopic (exact) mass is 496 g/mol. The summed E-state index contributed by atoms with van der Waals surface area (Å²) in [5.74, 6) is 0.0304. The lowest BCUT2D eigenvalue weighted by Crippen LogP contribution is -2.42. The van der Waals surface area contributed by atoms with Gasteiger partial charge in [0.25, 0.3) is 5.91 Å². The lowest BCUT2D eigenvalue weighted by atomic mass is 10.1. The summed E-state index contributed by atoms with van der Waals surface area (Å²) in [5, 5.41) is 8.31. The molecule has 35 heavy (non-hydrogen) atoms. The Bertz CT molecular complexity index is 1230. The second-order valence-electron chi connectivity index (χ2n) is 9.95. The number of rotatable bonds is 6. The number of nitrogens with zero attached hydrogens (tertiary/aromatic N) is 5. The van der Waals surface area contributed by atoms with Gasteiger partial charge in [0.15, 0.2) is 5.65 Å². The Morgan fingerprint density at radius 1 is 1.09 bits per heavy atom. The average molecular weight is 497 g/mol. The largest absolute Gasteiger partial charge is 0.353 e. The van der Waals surface area contributed by atoms with Crippen LogP contribution in [0, 0.1) is 13.8 Å². The van der Waals surface area contributed by atoms with Crippen LogP contribution in [-0.2, 0) is 4.79 Å². The van der Waals surface area contributed by atoms with Crippen LogP contribution in [0.2, 0.25) is 0 Å². The van der Waals surface area contributed by atoms with Crippen molar-refractivity contribution in [2.75, 3.05) is 32.7 Å². The minimum Gasteiger partial charge on any atom is -0.353 e. The summed E-state index contributed by atoms with van der Waals surface area (Å²) in [7, 11) is 0. The van der Waals surface area contributed by atoms with Gasteiger partial charge >= 0.3 is 0 Å². The Balaban J connectivity index is 1.64. The first-order valence-corrected chi connectivity index (χ1v) is 13.2. The minimum atomic E-state index is 0.0000395. The fourth-order valence-electron chi connectivity index (χ4n) is 4.67. The standard InChI is InChI=1S/C26H36N6O2S/c1-16(2)28-24(33)15-30-8-7-9-31(11-10-30)26(34)21-13-23(20-12-18(5)35-19(20)6)29-25-22(21)14-27-32(25)17(3)4/h12-14,16-17H,7-11,15H2,1-6H3,(H,28,33). The summed E-state index contributed by atoms with van der Waals surface area (Å²) < 4.78 is 1.89. The molecule has 0 spiro atoms. The zero-order valence-electron chi connectivity index (χ0n) is 21.6. The molecule has 188 valence electrons. The lowest BCUT2D eigenvalue weighted by Gasteiger charge is -2.22. The number of aromatic nitrogens is 3. The third kappa shape index (κ3) is 5.56. The van der Waals surface area contributed by atoms with E-state index >= 15 is 0 Å². The number of hydrogen-bond acceptors (Lipinski definition) is 6. The Labute approximate surface area is 211 Å². The van der Waals surface area contributed by atoms with Crippen LogP contribution in [0.25, 0.3) is 22.3 Å². The number of carbonyl (C=O) groups is 2. The van der Waals surface area contributed by atoms with Crippen molar-refractivity contribution in [1.82, 2.24) is 29.9 Å². The van der Waals surface area contributed by atoms with E-state index in [0.717, 1.165) is 35.3 Å². The summed E-state index contributed by atoms with van der Waals surface area (Å²) in [6.45, 7) is 15.3. The van der Waals surface area contributed by atoms with E-state index in [1.165, 1.54) is 9.75 Å². The van der Waals surface area contributed by atoms with Crippen molar-refractivity contribution in [3.63, 3.8) is 0 Å². The van der Waals surface area contributed by atoms with E-state index in [2.05, 4.69) is 49.1 Å². The van der Waals surface area contributed by atoms with Crippen LogP contribution in [-0.4, -0.2) is 75.1 Å². The first-order chi connectivity index (χ1) is 16.6. The number of carbonyl (C=O) groups excluding carboxylic acids is 2. The Hall–Kier alpha value is -2.78. The number of fused-ring (bicyclic) bond motifs is 1. The fraction of sp³-hybridized carbons (Fsp3) is 0.538. The molecule has 4 rings (SSSR count). The van der Waals surface area contributed by atoms with Gasteiger partial charge in [0.1, 0.15) is 0 Å². The van der Waals surface area contributed by atoms with Crippen molar-refractivity contribution in [1.29, 1.82) is 0 Å². The molecule has 0 aliphatic carbocycles. The van der Waals surface area contributed by atoms with Gasteiger partial charge in [-0.05, 0) is 60.1 Å². The normalized spacial score (nSPS) is 15.3. The summed E-state index contributed by atoms with van der Waals surface area (Å²) in [4.78, 5) is 37.5. The van der Waals surface area contributed by atoms with Gasteiger partial charge in [-0.2, -0.15) is 5.10 Å². The number of pyridine rings is 1. The van der Waals surface area contributed by atoms with Gasteiger partial charge in [-0.3, -0.25) is 14.5 Å². The molecule has 0 radical (unpaired) electrons. The van der Waals surface area contributed by atoms with Crippen molar-refractivity contribution in [2.45, 2.75) is 60.0 Å². The molecule has 1 fully saturated rings. The summed E-state index contributed by atoms with van der Waals surface area (Å²) >= 11 is 1.74. The molecule has 1 aliphatic rings. The highest BCUT2D eigenvalue weighted by molar-refractivity contribution is 7.12. The van der Waals surface area contributed by atoms with Gasteiger partial charge in [-0.15, -0.1) is 11.3 Å². The molecule has 0 bridgehead atoms. The van der Waals surface area contributed by atoms with Crippen LogP contribution in [0.5, 0.6) is 0 Å². The predicted octanol–water partition coefficient (Wildman–Crippen LogP) is 4.03. The van der Waals surface area contributed by atoms with Crippen molar-refractivity contribution >= 4 is 34.2 Å². The van der Waals surface area contributed by atoms with Gasteiger partial charge in [-0.1, -0.05) is 0 Å². The maximum absolute atomic E-state index is 13.9. The molecule has 0 atom stereocenters. The maximum atomic E-state index is 13.9. The van der Waals surface area contributed by atoms with Gasteiger partial charge in [0, 0.05) is 53.6 Å². The van der Waals surface area contributed by atoms with Crippen LogP contribution in [0.3, 0.4) is 0 Å². The Kier molecular flexibility index (Phi) is 7.56. The van der Waals surface area contributed by atoms with Crippen molar-refractivity contribution in [2.24, 2.45) is 0 Å². The molecule has 2 amide bonds. The topological polar surface area (TPSA) is 83.4 Å².